The zero-order valence-electron chi connectivity index (χ0n) is 18.1. The molecule has 0 aromatic carbocycles. The van der Waals surface area contributed by atoms with E-state index in [4.69, 9.17) is 4.74 Å². The lowest BCUT2D eigenvalue weighted by Crippen LogP contribution is -2.61. The van der Waals surface area contributed by atoms with Crippen LogP contribution in [0.3, 0.4) is 0 Å². The van der Waals surface area contributed by atoms with Gasteiger partial charge in [-0.15, -0.1) is 0 Å². The van der Waals surface area contributed by atoms with Crippen LogP contribution in [0.5, 0.6) is 0 Å². The minimum Gasteiger partial charge on any atom is -0.459 e. The van der Waals surface area contributed by atoms with Crippen LogP contribution in [0, 0.1) is 28.6 Å². The number of hydrogen-bond donors (Lipinski definition) is 5. The molecule has 0 aromatic rings. The van der Waals surface area contributed by atoms with E-state index in [1.54, 1.807) is 27.7 Å². The number of carbonyl (C=O) groups excluding carboxylic acids is 1. The monoisotopic (exact) mass is 412 g/mol. The third-order valence-electron chi connectivity index (χ3n) is 9.55. The molecule has 4 saturated carbocycles. The topological polar surface area (TPSA) is 127 Å². The number of aliphatic hydroxyl groups excluding tert-OH is 2. The molecule has 0 radical (unpaired) electrons. The maximum atomic E-state index is 12.1. The van der Waals surface area contributed by atoms with E-state index < -0.39 is 63.8 Å². The SMILES string of the molecule is CC(=O)O[C@@H]1C[C@@]23C[C@@](C)(O)[C@@H](CC[C@H]2[C@](C)(O)[C@H]2C[C@H](O)C(C)(C)[C@]21O)[C@H]3O. The summed E-state index contributed by atoms with van der Waals surface area (Å²) in [5.41, 5.74) is -6.08. The number of aliphatic hydroxyl groups is 5. The van der Waals surface area contributed by atoms with E-state index in [1.165, 1.54) is 6.92 Å². The predicted molar refractivity (Wildman–Crippen MR) is 104 cm³/mol. The Morgan fingerprint density at radius 2 is 1.62 bits per heavy atom. The van der Waals surface area contributed by atoms with Crippen molar-refractivity contribution in [2.75, 3.05) is 0 Å². The van der Waals surface area contributed by atoms with Crippen molar-refractivity contribution in [3.63, 3.8) is 0 Å². The van der Waals surface area contributed by atoms with Gasteiger partial charge in [0.2, 0.25) is 0 Å². The van der Waals surface area contributed by atoms with Crippen LogP contribution in [-0.2, 0) is 9.53 Å². The molecule has 4 rings (SSSR count). The zero-order valence-corrected chi connectivity index (χ0v) is 18.1. The van der Waals surface area contributed by atoms with Gasteiger partial charge in [-0.25, -0.2) is 0 Å². The van der Waals surface area contributed by atoms with Crippen molar-refractivity contribution >= 4 is 5.97 Å². The maximum Gasteiger partial charge on any atom is 0.303 e. The van der Waals surface area contributed by atoms with Gasteiger partial charge in [0.05, 0.1) is 23.4 Å². The minimum absolute atomic E-state index is 0.143. The predicted octanol–water partition coefficient (Wildman–Crippen LogP) is 0.739. The van der Waals surface area contributed by atoms with Crippen molar-refractivity contribution < 1.29 is 35.1 Å². The van der Waals surface area contributed by atoms with Gasteiger partial charge >= 0.3 is 5.97 Å². The van der Waals surface area contributed by atoms with Gasteiger partial charge in [-0.1, -0.05) is 13.8 Å². The number of hydrogen-bond acceptors (Lipinski definition) is 7. The molecule has 0 aliphatic heterocycles. The molecule has 29 heavy (non-hydrogen) atoms. The normalized spacial score (nSPS) is 58.3. The fourth-order valence-corrected chi connectivity index (χ4v) is 8.10. The van der Waals surface area contributed by atoms with E-state index in [9.17, 15) is 30.3 Å². The Balaban J connectivity index is 1.93. The number of carbonyl (C=O) groups is 1. The van der Waals surface area contributed by atoms with Crippen molar-refractivity contribution in [1.29, 1.82) is 0 Å². The standard InChI is InChI=1S/C22H36O7/c1-11(23)29-16-9-21-10-19(4,26)12(17(21)25)6-7-13(21)20(5,27)14-8-15(24)18(2,3)22(14,16)28/h12-17,24-28H,6-10H2,1-5H3/t12-,13-,14+,15-,16+,17+,19+,20-,21+,22-/m0/s1. The highest BCUT2D eigenvalue weighted by Gasteiger charge is 2.77. The largest absolute Gasteiger partial charge is 0.459 e. The molecule has 2 bridgehead atoms. The van der Waals surface area contributed by atoms with E-state index in [2.05, 4.69) is 0 Å². The summed E-state index contributed by atoms with van der Waals surface area (Å²) in [5, 5.41) is 57.1. The Kier molecular flexibility index (Phi) is 4.41. The molecule has 0 saturated heterocycles. The second-order valence-electron chi connectivity index (χ2n) is 11.3. The second-order valence-corrected chi connectivity index (χ2v) is 11.3. The first-order valence-electron chi connectivity index (χ1n) is 10.8. The van der Waals surface area contributed by atoms with Crippen molar-refractivity contribution in [3.8, 4) is 0 Å². The van der Waals surface area contributed by atoms with Gasteiger partial charge in [-0.05, 0) is 51.9 Å². The Morgan fingerprint density at radius 3 is 2.21 bits per heavy atom. The number of ether oxygens (including phenoxy) is 1. The molecule has 4 aliphatic carbocycles. The van der Waals surface area contributed by atoms with Gasteiger partial charge in [0.15, 0.2) is 0 Å². The summed E-state index contributed by atoms with van der Waals surface area (Å²) in [4.78, 5) is 12.0. The molecule has 0 amide bonds. The fourth-order valence-electron chi connectivity index (χ4n) is 8.10. The lowest BCUT2D eigenvalue weighted by atomic mass is 9.57. The third-order valence-corrected chi connectivity index (χ3v) is 9.55. The Morgan fingerprint density at radius 1 is 1.00 bits per heavy atom. The molecule has 7 heteroatoms. The Bertz CT molecular complexity index is 716. The molecule has 1 spiro atoms. The number of rotatable bonds is 1. The number of esters is 1. The first kappa shape index (κ1) is 21.5. The van der Waals surface area contributed by atoms with Crippen LogP contribution in [0.4, 0.5) is 0 Å². The summed E-state index contributed by atoms with van der Waals surface area (Å²) in [6.07, 6.45) is -0.972. The average molecular weight is 413 g/mol. The van der Waals surface area contributed by atoms with Crippen molar-refractivity contribution in [2.24, 2.45) is 28.6 Å². The van der Waals surface area contributed by atoms with E-state index in [-0.39, 0.29) is 25.2 Å². The molecular formula is C22H36O7. The molecule has 10 atom stereocenters. The highest BCUT2D eigenvalue weighted by Crippen LogP contribution is 2.70. The smallest absolute Gasteiger partial charge is 0.303 e. The van der Waals surface area contributed by atoms with Gasteiger partial charge in [0, 0.05) is 29.6 Å². The van der Waals surface area contributed by atoms with Gasteiger partial charge in [-0.3, -0.25) is 4.79 Å². The van der Waals surface area contributed by atoms with E-state index >= 15 is 0 Å². The minimum atomic E-state index is -1.67. The summed E-state index contributed by atoms with van der Waals surface area (Å²) < 4.78 is 5.67. The van der Waals surface area contributed by atoms with Crippen LogP contribution in [0.1, 0.15) is 66.7 Å². The molecule has 7 nitrogen and oxygen atoms in total. The summed E-state index contributed by atoms with van der Waals surface area (Å²) >= 11 is 0. The lowest BCUT2D eigenvalue weighted by Gasteiger charge is -2.51. The molecule has 166 valence electrons. The van der Waals surface area contributed by atoms with Crippen LogP contribution < -0.4 is 0 Å². The molecule has 5 N–H and O–H groups in total. The highest BCUT2D eigenvalue weighted by molar-refractivity contribution is 5.66. The fraction of sp³-hybridized carbons (Fsp3) is 0.955. The molecule has 0 aromatic heterocycles. The molecule has 0 heterocycles. The summed E-state index contributed by atoms with van der Waals surface area (Å²) in [5.74, 6) is -2.00. The van der Waals surface area contributed by atoms with Gasteiger partial charge in [0.1, 0.15) is 11.7 Å². The van der Waals surface area contributed by atoms with Crippen LogP contribution in [-0.4, -0.2) is 66.6 Å². The highest BCUT2D eigenvalue weighted by atomic mass is 16.6. The van der Waals surface area contributed by atoms with Gasteiger partial charge in [0.25, 0.3) is 0 Å². The number of fused-ring (bicyclic) bond motifs is 2. The zero-order chi connectivity index (χ0) is 21.8. The first-order valence-corrected chi connectivity index (χ1v) is 10.8. The van der Waals surface area contributed by atoms with Crippen LogP contribution >= 0.6 is 0 Å². The van der Waals surface area contributed by atoms with E-state index in [0.29, 0.717) is 12.8 Å². The summed E-state index contributed by atoms with van der Waals surface area (Å²) in [6.45, 7) is 8.16. The Labute approximate surface area is 172 Å². The molecule has 4 fully saturated rings. The van der Waals surface area contributed by atoms with Crippen LogP contribution in [0.2, 0.25) is 0 Å². The van der Waals surface area contributed by atoms with Crippen LogP contribution in [0.15, 0.2) is 0 Å². The summed E-state index contributed by atoms with van der Waals surface area (Å²) in [6, 6.07) is 0. The van der Waals surface area contributed by atoms with Gasteiger partial charge in [-0.2, -0.15) is 0 Å². The van der Waals surface area contributed by atoms with Crippen molar-refractivity contribution in [1.82, 2.24) is 0 Å². The maximum absolute atomic E-state index is 12.1. The molecule has 4 aliphatic rings. The van der Waals surface area contributed by atoms with Gasteiger partial charge < -0.3 is 30.3 Å². The molecular weight excluding hydrogens is 376 g/mol. The Hall–Kier alpha value is -0.730. The second kappa shape index (κ2) is 5.94. The van der Waals surface area contributed by atoms with Crippen molar-refractivity contribution in [2.45, 2.75) is 102 Å². The van der Waals surface area contributed by atoms with E-state index in [0.717, 1.165) is 0 Å². The lowest BCUT2D eigenvalue weighted by molar-refractivity contribution is -0.213. The first-order chi connectivity index (χ1) is 13.1. The van der Waals surface area contributed by atoms with Crippen LogP contribution in [0.25, 0.3) is 0 Å². The van der Waals surface area contributed by atoms with E-state index in [1.807, 2.05) is 0 Å². The quantitative estimate of drug-likeness (QED) is 0.402. The average Bonchev–Trinajstić information content (AvgIpc) is 2.78. The summed E-state index contributed by atoms with van der Waals surface area (Å²) in [7, 11) is 0. The third kappa shape index (κ3) is 2.45. The van der Waals surface area contributed by atoms with Crippen molar-refractivity contribution in [3.05, 3.63) is 0 Å². The molecule has 0 unspecified atom stereocenters.